The molecule has 3 aromatic carbocycles. The molecule has 5 rings (SSSR count). The van der Waals surface area contributed by atoms with Crippen LogP contribution in [0.1, 0.15) is 29.5 Å². The monoisotopic (exact) mass is 593 g/mol. The highest BCUT2D eigenvalue weighted by Crippen LogP contribution is 2.38. The largest absolute Gasteiger partial charge is 0.573 e. The van der Waals surface area contributed by atoms with Crippen LogP contribution in [0.3, 0.4) is 0 Å². The van der Waals surface area contributed by atoms with E-state index in [9.17, 15) is 23.1 Å². The van der Waals surface area contributed by atoms with Gasteiger partial charge in [0.2, 0.25) is 0 Å². The number of aromatic nitrogens is 1. The highest BCUT2D eigenvalue weighted by molar-refractivity contribution is 7.14. The van der Waals surface area contributed by atoms with Crippen molar-refractivity contribution in [2.45, 2.75) is 32.7 Å². The molecule has 0 amide bonds. The summed E-state index contributed by atoms with van der Waals surface area (Å²) in [5, 5.41) is 20.7. The molecule has 1 aliphatic heterocycles. The van der Waals surface area contributed by atoms with Crippen LogP contribution in [-0.4, -0.2) is 35.5 Å². The highest BCUT2D eigenvalue weighted by atomic mass is 32.1. The molecule has 0 radical (unpaired) electrons. The summed E-state index contributed by atoms with van der Waals surface area (Å²) in [5.74, 6) is -1.23. The number of hydrogen-bond acceptors (Lipinski definition) is 7. The van der Waals surface area contributed by atoms with Gasteiger partial charge >= 0.3 is 12.3 Å². The third kappa shape index (κ3) is 6.83. The number of carboxylic acids is 1. The number of aliphatic carboxylic acids is 1. The number of anilines is 1. The number of piperidine rings is 1. The van der Waals surface area contributed by atoms with E-state index in [0.717, 1.165) is 22.3 Å². The number of alkyl halides is 3. The van der Waals surface area contributed by atoms with Gasteiger partial charge in [-0.05, 0) is 72.4 Å². The first-order chi connectivity index (χ1) is 20.1. The number of thiazole rings is 1. The van der Waals surface area contributed by atoms with Crippen LogP contribution < -0.4 is 14.4 Å². The molecule has 0 aliphatic carbocycles. The molecule has 1 fully saturated rings. The van der Waals surface area contributed by atoms with Crippen molar-refractivity contribution in [3.8, 4) is 40.0 Å². The minimum absolute atomic E-state index is 0.172. The average molecular weight is 594 g/mol. The fraction of sp³-hybridized carbons (Fsp3) is 0.258. The normalized spacial score (nSPS) is 13.9. The van der Waals surface area contributed by atoms with Crippen LogP contribution in [0.25, 0.3) is 22.4 Å². The van der Waals surface area contributed by atoms with Crippen LogP contribution in [0.4, 0.5) is 18.3 Å². The maximum atomic E-state index is 13.0. The topological polar surface area (TPSA) is 95.7 Å². The number of aryl methyl sites for hydroxylation is 1. The fourth-order valence-corrected chi connectivity index (χ4v) is 5.69. The van der Waals surface area contributed by atoms with Crippen LogP contribution in [0.2, 0.25) is 0 Å². The Bertz CT molecular complexity index is 1620. The van der Waals surface area contributed by atoms with Gasteiger partial charge in [0.05, 0.1) is 23.2 Å². The predicted molar refractivity (Wildman–Crippen MR) is 152 cm³/mol. The molecule has 0 spiro atoms. The number of nitrogens with zero attached hydrogens (tertiary/aromatic N) is 3. The van der Waals surface area contributed by atoms with E-state index in [0.29, 0.717) is 53.6 Å². The van der Waals surface area contributed by atoms with E-state index in [-0.39, 0.29) is 12.4 Å². The van der Waals surface area contributed by atoms with Crippen molar-refractivity contribution >= 4 is 22.4 Å². The molecular weight excluding hydrogens is 567 g/mol. The molecule has 0 bridgehead atoms. The van der Waals surface area contributed by atoms with E-state index in [2.05, 4.69) is 15.8 Å². The zero-order valence-electron chi connectivity index (χ0n) is 22.5. The van der Waals surface area contributed by atoms with Crippen molar-refractivity contribution in [2.75, 3.05) is 18.0 Å². The summed E-state index contributed by atoms with van der Waals surface area (Å²) >= 11 is 1.34. The maximum absolute atomic E-state index is 13.0. The smallest absolute Gasteiger partial charge is 0.488 e. The summed E-state index contributed by atoms with van der Waals surface area (Å²) in [6, 6.07) is 19.2. The van der Waals surface area contributed by atoms with Gasteiger partial charge in [-0.1, -0.05) is 30.3 Å². The van der Waals surface area contributed by atoms with Crippen molar-refractivity contribution < 1.29 is 32.5 Å². The highest BCUT2D eigenvalue weighted by Gasteiger charge is 2.32. The van der Waals surface area contributed by atoms with E-state index in [1.54, 1.807) is 17.5 Å². The third-order valence-electron chi connectivity index (χ3n) is 7.14. The van der Waals surface area contributed by atoms with Gasteiger partial charge < -0.3 is 19.5 Å². The van der Waals surface area contributed by atoms with E-state index in [1.165, 1.54) is 29.5 Å². The zero-order valence-corrected chi connectivity index (χ0v) is 23.3. The lowest BCUT2D eigenvalue weighted by atomic mass is 9.97. The molecule has 42 heavy (non-hydrogen) atoms. The lowest BCUT2D eigenvalue weighted by Crippen LogP contribution is -2.36. The Morgan fingerprint density at radius 2 is 1.81 bits per heavy atom. The summed E-state index contributed by atoms with van der Waals surface area (Å²) < 4.78 is 49.3. The second-order valence-corrected chi connectivity index (χ2v) is 10.8. The summed E-state index contributed by atoms with van der Waals surface area (Å²) in [7, 11) is 0. The fourth-order valence-electron chi connectivity index (χ4n) is 4.81. The Morgan fingerprint density at radius 3 is 2.45 bits per heavy atom. The number of ether oxygens (including phenoxy) is 2. The van der Waals surface area contributed by atoms with Crippen LogP contribution in [0.15, 0.2) is 66.0 Å². The van der Waals surface area contributed by atoms with Crippen molar-refractivity contribution in [2.24, 2.45) is 5.92 Å². The summed E-state index contributed by atoms with van der Waals surface area (Å²) in [6.45, 7) is 3.18. The molecule has 1 aliphatic rings. The number of carbonyl (C=O) groups is 1. The van der Waals surface area contributed by atoms with Gasteiger partial charge in [0, 0.05) is 24.0 Å². The maximum Gasteiger partial charge on any atom is 0.573 e. The first-order valence-electron chi connectivity index (χ1n) is 13.2. The minimum Gasteiger partial charge on any atom is -0.488 e. The lowest BCUT2D eigenvalue weighted by Gasteiger charge is -2.29. The SMILES string of the molecule is Cc1cc(-c2ccc(C#N)cc2)ccc1COc1ccc(OC(F)(F)F)cc1-c1csc(N2CCC(C(=O)O)CC2)n1. The first kappa shape index (κ1) is 29.0. The molecule has 1 N–H and O–H groups in total. The number of rotatable bonds is 8. The molecule has 2 heterocycles. The second-order valence-electron chi connectivity index (χ2n) is 9.94. The van der Waals surface area contributed by atoms with Crippen molar-refractivity contribution in [3.05, 3.63) is 82.7 Å². The van der Waals surface area contributed by atoms with Crippen molar-refractivity contribution in [1.82, 2.24) is 4.98 Å². The van der Waals surface area contributed by atoms with Gasteiger partial charge in [0.25, 0.3) is 0 Å². The van der Waals surface area contributed by atoms with E-state index < -0.39 is 18.2 Å². The molecule has 7 nitrogen and oxygen atoms in total. The van der Waals surface area contributed by atoms with E-state index >= 15 is 0 Å². The Hall–Kier alpha value is -4.56. The summed E-state index contributed by atoms with van der Waals surface area (Å²) in [4.78, 5) is 17.9. The number of halogens is 3. The number of carboxylic acid groups (broad SMARTS) is 1. The van der Waals surface area contributed by atoms with Crippen LogP contribution in [0, 0.1) is 24.2 Å². The van der Waals surface area contributed by atoms with Gasteiger partial charge in [-0.2, -0.15) is 5.26 Å². The molecular formula is C31H26F3N3O4S. The lowest BCUT2D eigenvalue weighted by molar-refractivity contribution is -0.274. The second kappa shape index (κ2) is 12.1. The predicted octanol–water partition coefficient (Wildman–Crippen LogP) is 7.44. The molecule has 0 atom stereocenters. The van der Waals surface area contributed by atoms with Gasteiger partial charge in [-0.25, -0.2) is 4.98 Å². The molecule has 1 aromatic heterocycles. The van der Waals surface area contributed by atoms with Gasteiger partial charge in [0.1, 0.15) is 18.1 Å². The Labute approximate surface area is 244 Å². The quantitative estimate of drug-likeness (QED) is 0.227. The third-order valence-corrected chi connectivity index (χ3v) is 8.04. The van der Waals surface area contributed by atoms with Crippen LogP contribution in [0.5, 0.6) is 11.5 Å². The summed E-state index contributed by atoms with van der Waals surface area (Å²) in [5.41, 5.74) is 5.19. The average Bonchev–Trinajstić information content (AvgIpc) is 3.46. The van der Waals surface area contributed by atoms with Crippen LogP contribution in [-0.2, 0) is 11.4 Å². The standard InChI is InChI=1S/C31H26F3N3O4S/c1-19-14-23(21-4-2-20(16-35)3-5-21)6-7-24(19)17-40-28-9-8-25(41-31(32,33)34)15-26(28)27-18-42-30(36-27)37-12-10-22(11-13-37)29(38)39/h2-9,14-15,18,22H,10-13,17H2,1H3,(H,38,39). The number of nitriles is 1. The van der Waals surface area contributed by atoms with Crippen molar-refractivity contribution in [3.63, 3.8) is 0 Å². The minimum atomic E-state index is -4.85. The molecule has 0 saturated carbocycles. The zero-order chi connectivity index (χ0) is 29.9. The first-order valence-corrected chi connectivity index (χ1v) is 14.0. The molecule has 4 aromatic rings. The number of hydrogen-bond donors (Lipinski definition) is 1. The molecule has 11 heteroatoms. The van der Waals surface area contributed by atoms with Gasteiger partial charge in [-0.15, -0.1) is 24.5 Å². The molecule has 216 valence electrons. The van der Waals surface area contributed by atoms with Crippen molar-refractivity contribution in [1.29, 1.82) is 5.26 Å². The molecule has 0 unspecified atom stereocenters. The molecule has 1 saturated heterocycles. The Balaban J connectivity index is 1.37. The summed E-state index contributed by atoms with van der Waals surface area (Å²) in [6.07, 6.45) is -3.86. The van der Waals surface area contributed by atoms with Crippen LogP contribution >= 0.6 is 11.3 Å². The van der Waals surface area contributed by atoms with Gasteiger partial charge in [-0.3, -0.25) is 4.79 Å². The van der Waals surface area contributed by atoms with E-state index in [4.69, 9.17) is 10.00 Å². The Kier molecular flexibility index (Phi) is 8.36. The van der Waals surface area contributed by atoms with Gasteiger partial charge in [0.15, 0.2) is 5.13 Å². The number of benzene rings is 3. The Morgan fingerprint density at radius 1 is 1.10 bits per heavy atom. The van der Waals surface area contributed by atoms with E-state index in [1.807, 2.05) is 42.2 Å².